The summed E-state index contributed by atoms with van der Waals surface area (Å²) in [6.07, 6.45) is 0. The van der Waals surface area contributed by atoms with Gasteiger partial charge in [0.05, 0.1) is 5.56 Å². The molecule has 0 spiro atoms. The van der Waals surface area contributed by atoms with Crippen molar-refractivity contribution in [2.24, 2.45) is 0 Å². The Hall–Kier alpha value is -2.64. The Kier molecular flexibility index (Phi) is 5.08. The molecule has 2 aromatic carbocycles. The van der Waals surface area contributed by atoms with Crippen LogP contribution in [0.3, 0.4) is 0 Å². The van der Waals surface area contributed by atoms with Crippen LogP contribution in [-0.4, -0.2) is 17.6 Å². The summed E-state index contributed by atoms with van der Waals surface area (Å²) < 4.78 is 13.5. The number of rotatable bonds is 3. The molecule has 0 aliphatic carbocycles. The van der Waals surface area contributed by atoms with Crippen LogP contribution in [0, 0.1) is 17.7 Å². The van der Waals surface area contributed by atoms with Gasteiger partial charge in [-0.15, -0.1) is 0 Å². The first-order valence-corrected chi connectivity index (χ1v) is 6.42. The van der Waals surface area contributed by atoms with E-state index in [4.69, 9.17) is 5.11 Å². The molecule has 4 heteroatoms. The van der Waals surface area contributed by atoms with Crippen LogP contribution in [0.25, 0.3) is 0 Å². The highest BCUT2D eigenvalue weighted by Gasteiger charge is 2.09. The number of nitrogens with one attached hydrogen (secondary N) is 1. The van der Waals surface area contributed by atoms with E-state index in [9.17, 15) is 9.18 Å². The topological polar surface area (TPSA) is 49.3 Å². The lowest BCUT2D eigenvalue weighted by Gasteiger charge is -2.06. The van der Waals surface area contributed by atoms with Crippen LogP contribution in [0.4, 0.5) is 4.39 Å². The summed E-state index contributed by atoms with van der Waals surface area (Å²) in [6.45, 7) is 0.0794. The monoisotopic (exact) mass is 283 g/mol. The van der Waals surface area contributed by atoms with Gasteiger partial charge in [0, 0.05) is 12.1 Å². The molecule has 0 fully saturated rings. The Balaban J connectivity index is 2.03. The number of carbonyl (C=O) groups is 1. The fourth-order valence-electron chi connectivity index (χ4n) is 1.82. The lowest BCUT2D eigenvalue weighted by Crippen LogP contribution is -2.23. The third kappa shape index (κ3) is 4.16. The van der Waals surface area contributed by atoms with Crippen molar-refractivity contribution in [2.45, 2.75) is 6.54 Å². The van der Waals surface area contributed by atoms with Crippen molar-refractivity contribution in [3.63, 3.8) is 0 Å². The minimum atomic E-state index is -0.544. The third-order valence-electron chi connectivity index (χ3n) is 2.81. The summed E-state index contributed by atoms with van der Waals surface area (Å²) in [5.74, 6) is 4.35. The van der Waals surface area contributed by atoms with Gasteiger partial charge in [0.25, 0.3) is 5.91 Å². The first-order chi connectivity index (χ1) is 10.2. The molecule has 0 saturated carbocycles. The summed E-state index contributed by atoms with van der Waals surface area (Å²) in [6, 6.07) is 13.1. The Morgan fingerprint density at radius 1 is 1.19 bits per heavy atom. The number of benzene rings is 2. The Morgan fingerprint density at radius 3 is 2.76 bits per heavy atom. The Morgan fingerprint density at radius 2 is 2.00 bits per heavy atom. The van der Waals surface area contributed by atoms with Gasteiger partial charge in [0.15, 0.2) is 0 Å². The molecule has 2 rings (SSSR count). The second-order valence-electron chi connectivity index (χ2n) is 4.32. The summed E-state index contributed by atoms with van der Waals surface area (Å²) >= 11 is 0. The molecular weight excluding hydrogens is 269 g/mol. The standard InChI is InChI=1S/C17H14FNO2/c18-16-9-2-1-8-15(16)17(21)19-12-14-6-3-5-13(11-14)7-4-10-20/h1-3,5-6,8-9,11,20H,10,12H2,(H,19,21). The molecule has 0 saturated heterocycles. The molecule has 0 bridgehead atoms. The molecule has 3 nitrogen and oxygen atoms in total. The maximum absolute atomic E-state index is 13.5. The molecule has 0 aliphatic rings. The fraction of sp³-hybridized carbons (Fsp3) is 0.118. The fourth-order valence-corrected chi connectivity index (χ4v) is 1.82. The van der Waals surface area contributed by atoms with Crippen LogP contribution in [0.2, 0.25) is 0 Å². The maximum Gasteiger partial charge on any atom is 0.254 e. The number of amides is 1. The predicted molar refractivity (Wildman–Crippen MR) is 78.0 cm³/mol. The van der Waals surface area contributed by atoms with E-state index in [0.717, 1.165) is 11.1 Å². The first-order valence-electron chi connectivity index (χ1n) is 6.42. The van der Waals surface area contributed by atoms with E-state index in [0.29, 0.717) is 0 Å². The van der Waals surface area contributed by atoms with E-state index in [2.05, 4.69) is 17.2 Å². The quantitative estimate of drug-likeness (QED) is 0.848. The number of hydrogen-bond acceptors (Lipinski definition) is 2. The minimum Gasteiger partial charge on any atom is -0.384 e. The third-order valence-corrected chi connectivity index (χ3v) is 2.81. The molecular formula is C17H14FNO2. The largest absolute Gasteiger partial charge is 0.384 e. The average Bonchev–Trinajstić information content (AvgIpc) is 2.51. The number of aliphatic hydroxyl groups is 1. The SMILES string of the molecule is O=C(NCc1cccc(C#CCO)c1)c1ccccc1F. The van der Waals surface area contributed by atoms with Crippen LogP contribution >= 0.6 is 0 Å². The maximum atomic E-state index is 13.5. The zero-order chi connectivity index (χ0) is 15.1. The van der Waals surface area contributed by atoms with Gasteiger partial charge in [-0.3, -0.25) is 4.79 Å². The lowest BCUT2D eigenvalue weighted by molar-refractivity contribution is 0.0947. The van der Waals surface area contributed by atoms with Gasteiger partial charge in [-0.2, -0.15) is 0 Å². The van der Waals surface area contributed by atoms with E-state index >= 15 is 0 Å². The second kappa shape index (κ2) is 7.22. The summed E-state index contributed by atoms with van der Waals surface area (Å²) in [4.78, 5) is 11.9. The molecule has 0 radical (unpaired) electrons. The van der Waals surface area contributed by atoms with Gasteiger partial charge in [-0.25, -0.2) is 4.39 Å². The smallest absolute Gasteiger partial charge is 0.254 e. The molecule has 0 aromatic heterocycles. The zero-order valence-corrected chi connectivity index (χ0v) is 11.3. The Labute approximate surface area is 122 Å². The van der Waals surface area contributed by atoms with Gasteiger partial charge in [0.1, 0.15) is 12.4 Å². The molecule has 0 aliphatic heterocycles. The average molecular weight is 283 g/mol. The zero-order valence-electron chi connectivity index (χ0n) is 11.3. The highest BCUT2D eigenvalue weighted by Crippen LogP contribution is 2.08. The summed E-state index contributed by atoms with van der Waals surface area (Å²) in [5, 5.41) is 11.3. The number of halogens is 1. The van der Waals surface area contributed by atoms with Gasteiger partial charge in [0.2, 0.25) is 0 Å². The highest BCUT2D eigenvalue weighted by atomic mass is 19.1. The van der Waals surface area contributed by atoms with Crippen LogP contribution in [0.1, 0.15) is 21.5 Å². The molecule has 0 heterocycles. The molecule has 21 heavy (non-hydrogen) atoms. The van der Waals surface area contributed by atoms with Crippen molar-refractivity contribution in [1.29, 1.82) is 0 Å². The van der Waals surface area contributed by atoms with Crippen LogP contribution < -0.4 is 5.32 Å². The van der Waals surface area contributed by atoms with Gasteiger partial charge in [-0.1, -0.05) is 36.1 Å². The van der Waals surface area contributed by atoms with Crippen LogP contribution in [0.5, 0.6) is 0 Å². The normalized spacial score (nSPS) is 9.62. The van der Waals surface area contributed by atoms with Gasteiger partial charge < -0.3 is 10.4 Å². The van der Waals surface area contributed by atoms with Crippen molar-refractivity contribution >= 4 is 5.91 Å². The van der Waals surface area contributed by atoms with Crippen LogP contribution in [-0.2, 0) is 6.54 Å². The van der Waals surface area contributed by atoms with Crippen molar-refractivity contribution in [3.8, 4) is 11.8 Å². The van der Waals surface area contributed by atoms with Crippen molar-refractivity contribution in [2.75, 3.05) is 6.61 Å². The summed E-state index contributed by atoms with van der Waals surface area (Å²) in [7, 11) is 0. The molecule has 0 atom stereocenters. The Bertz CT molecular complexity index is 701. The lowest BCUT2D eigenvalue weighted by atomic mass is 10.1. The van der Waals surface area contributed by atoms with Crippen molar-refractivity contribution < 1.29 is 14.3 Å². The predicted octanol–water partition coefficient (Wildman–Crippen LogP) is 2.10. The van der Waals surface area contributed by atoms with Gasteiger partial charge in [-0.05, 0) is 29.8 Å². The van der Waals surface area contributed by atoms with Crippen molar-refractivity contribution in [1.82, 2.24) is 5.32 Å². The first kappa shape index (κ1) is 14.8. The van der Waals surface area contributed by atoms with E-state index in [1.807, 2.05) is 24.3 Å². The molecule has 106 valence electrons. The van der Waals surface area contributed by atoms with E-state index in [1.54, 1.807) is 6.07 Å². The molecule has 2 aromatic rings. The molecule has 0 unspecified atom stereocenters. The van der Waals surface area contributed by atoms with E-state index < -0.39 is 11.7 Å². The molecule has 1 amide bonds. The van der Waals surface area contributed by atoms with Crippen LogP contribution in [0.15, 0.2) is 48.5 Å². The van der Waals surface area contributed by atoms with Crippen molar-refractivity contribution in [3.05, 3.63) is 71.0 Å². The van der Waals surface area contributed by atoms with Gasteiger partial charge >= 0.3 is 0 Å². The molecule has 2 N–H and O–H groups in total. The highest BCUT2D eigenvalue weighted by molar-refractivity contribution is 5.94. The van der Waals surface area contributed by atoms with E-state index in [-0.39, 0.29) is 18.7 Å². The number of aliphatic hydroxyl groups excluding tert-OH is 1. The summed E-state index contributed by atoms with van der Waals surface area (Å²) in [5.41, 5.74) is 1.62. The second-order valence-corrected chi connectivity index (χ2v) is 4.32. The van der Waals surface area contributed by atoms with E-state index in [1.165, 1.54) is 18.2 Å². The minimum absolute atomic E-state index is 0.0220. The number of carbonyl (C=O) groups excluding carboxylic acids is 1. The number of hydrogen-bond donors (Lipinski definition) is 2.